The Balaban J connectivity index is 3.07. The van der Waals surface area contributed by atoms with Crippen molar-refractivity contribution in [3.63, 3.8) is 0 Å². The second-order valence-corrected chi connectivity index (χ2v) is 2.55. The van der Waals surface area contributed by atoms with E-state index in [9.17, 15) is 13.6 Å². The molecule has 0 spiro atoms. The van der Waals surface area contributed by atoms with Gasteiger partial charge in [-0.25, -0.2) is 4.79 Å². The minimum absolute atomic E-state index is 0.0415. The molecule has 1 aromatic carbocycles. The van der Waals surface area contributed by atoms with Crippen LogP contribution in [0.2, 0.25) is 5.02 Å². The number of benzene rings is 1. The standard InChI is InChI=1S/C8H4ClF2NO2/c9-7-5(12-4-13)2-1-3-6(7)14-8(10)11/h1-3,8H. The van der Waals surface area contributed by atoms with E-state index < -0.39 is 6.61 Å². The highest BCUT2D eigenvalue weighted by Gasteiger charge is 2.10. The molecular weight excluding hydrogens is 216 g/mol. The van der Waals surface area contributed by atoms with Crippen LogP contribution in [0.1, 0.15) is 0 Å². The number of ether oxygens (including phenoxy) is 1. The summed E-state index contributed by atoms with van der Waals surface area (Å²) in [6, 6.07) is 4.02. The first-order chi connectivity index (χ1) is 6.65. The fraction of sp³-hybridized carbons (Fsp3) is 0.125. The Hall–Kier alpha value is -1.45. The van der Waals surface area contributed by atoms with Crippen LogP contribution in [0.15, 0.2) is 23.2 Å². The average Bonchev–Trinajstić information content (AvgIpc) is 2.11. The van der Waals surface area contributed by atoms with Crippen LogP contribution in [-0.4, -0.2) is 12.7 Å². The third kappa shape index (κ3) is 2.52. The summed E-state index contributed by atoms with van der Waals surface area (Å²) in [5.41, 5.74) is 0.0415. The van der Waals surface area contributed by atoms with Gasteiger partial charge >= 0.3 is 6.61 Å². The summed E-state index contributed by atoms with van der Waals surface area (Å²) >= 11 is 5.60. The SMILES string of the molecule is O=C=Nc1cccc(OC(F)F)c1Cl. The molecule has 3 nitrogen and oxygen atoms in total. The van der Waals surface area contributed by atoms with Gasteiger partial charge in [-0.05, 0) is 12.1 Å². The molecule has 74 valence electrons. The molecule has 0 aliphatic carbocycles. The van der Waals surface area contributed by atoms with Crippen molar-refractivity contribution in [1.29, 1.82) is 0 Å². The van der Waals surface area contributed by atoms with Crippen molar-refractivity contribution < 1.29 is 18.3 Å². The molecule has 6 heteroatoms. The van der Waals surface area contributed by atoms with Gasteiger partial charge in [-0.2, -0.15) is 13.8 Å². The topological polar surface area (TPSA) is 38.7 Å². The van der Waals surface area contributed by atoms with E-state index in [1.165, 1.54) is 24.3 Å². The first-order valence-electron chi connectivity index (χ1n) is 3.46. The second-order valence-electron chi connectivity index (χ2n) is 2.17. The fourth-order valence-corrected chi connectivity index (χ4v) is 1.03. The number of hydrogen-bond acceptors (Lipinski definition) is 3. The van der Waals surface area contributed by atoms with Crippen LogP contribution in [0.3, 0.4) is 0 Å². The van der Waals surface area contributed by atoms with E-state index in [0.29, 0.717) is 0 Å². The van der Waals surface area contributed by atoms with Crippen molar-refractivity contribution in [2.45, 2.75) is 6.61 Å². The molecule has 0 unspecified atom stereocenters. The van der Waals surface area contributed by atoms with Crippen LogP contribution in [0, 0.1) is 0 Å². The number of hydrogen-bond donors (Lipinski definition) is 0. The van der Waals surface area contributed by atoms with Gasteiger partial charge in [-0.3, -0.25) is 0 Å². The molecule has 0 bridgehead atoms. The number of alkyl halides is 2. The summed E-state index contributed by atoms with van der Waals surface area (Å²) in [6.07, 6.45) is 1.25. The Kier molecular flexibility index (Phi) is 3.56. The average molecular weight is 220 g/mol. The van der Waals surface area contributed by atoms with Crippen LogP contribution >= 0.6 is 11.6 Å². The zero-order valence-electron chi connectivity index (χ0n) is 6.71. The molecule has 0 atom stereocenters. The normalized spacial score (nSPS) is 9.71. The molecule has 0 fully saturated rings. The van der Waals surface area contributed by atoms with Gasteiger partial charge in [0.2, 0.25) is 6.08 Å². The summed E-state index contributed by atoms with van der Waals surface area (Å²) < 4.78 is 27.7. The summed E-state index contributed by atoms with van der Waals surface area (Å²) in [7, 11) is 0. The van der Waals surface area contributed by atoms with Crippen molar-refractivity contribution in [2.75, 3.05) is 0 Å². The molecule has 14 heavy (non-hydrogen) atoms. The highest BCUT2D eigenvalue weighted by Crippen LogP contribution is 2.34. The largest absolute Gasteiger partial charge is 0.433 e. The molecule has 1 rings (SSSR count). The number of carbonyl (C=O) groups excluding carboxylic acids is 1. The van der Waals surface area contributed by atoms with E-state index in [0.717, 1.165) is 0 Å². The smallest absolute Gasteiger partial charge is 0.387 e. The lowest BCUT2D eigenvalue weighted by Crippen LogP contribution is -2.02. The predicted molar refractivity (Wildman–Crippen MR) is 45.9 cm³/mol. The molecule has 0 aromatic heterocycles. The van der Waals surface area contributed by atoms with Gasteiger partial charge in [0, 0.05) is 0 Å². The monoisotopic (exact) mass is 219 g/mol. The maximum absolute atomic E-state index is 11.8. The summed E-state index contributed by atoms with van der Waals surface area (Å²) in [4.78, 5) is 13.1. The molecular formula is C8H4ClF2NO2. The molecule has 0 amide bonds. The van der Waals surface area contributed by atoms with E-state index in [1.807, 2.05) is 0 Å². The highest BCUT2D eigenvalue weighted by molar-refractivity contribution is 6.34. The summed E-state index contributed by atoms with van der Waals surface area (Å²) in [5.74, 6) is -0.224. The number of aliphatic imine (C=N–C) groups is 1. The van der Waals surface area contributed by atoms with Crippen LogP contribution in [0.5, 0.6) is 5.75 Å². The first kappa shape index (κ1) is 10.6. The van der Waals surface area contributed by atoms with Crippen LogP contribution in [0.4, 0.5) is 14.5 Å². The van der Waals surface area contributed by atoms with Gasteiger partial charge in [0.15, 0.2) is 0 Å². The van der Waals surface area contributed by atoms with E-state index >= 15 is 0 Å². The second kappa shape index (κ2) is 4.69. The highest BCUT2D eigenvalue weighted by atomic mass is 35.5. The van der Waals surface area contributed by atoms with Crippen molar-refractivity contribution in [1.82, 2.24) is 0 Å². The predicted octanol–water partition coefficient (Wildman–Crippen LogP) is 2.91. The van der Waals surface area contributed by atoms with Gasteiger partial charge in [0.1, 0.15) is 10.8 Å². The zero-order valence-corrected chi connectivity index (χ0v) is 7.46. The molecule has 0 aliphatic rings. The van der Waals surface area contributed by atoms with Crippen molar-refractivity contribution in [3.8, 4) is 5.75 Å². The Morgan fingerprint density at radius 2 is 2.21 bits per heavy atom. The van der Waals surface area contributed by atoms with Gasteiger partial charge < -0.3 is 4.74 Å². The summed E-state index contributed by atoms with van der Waals surface area (Å²) in [6.45, 7) is -2.97. The lowest BCUT2D eigenvalue weighted by molar-refractivity contribution is -0.0497. The van der Waals surface area contributed by atoms with Crippen molar-refractivity contribution in [3.05, 3.63) is 23.2 Å². The van der Waals surface area contributed by atoms with E-state index in [-0.39, 0.29) is 16.5 Å². The minimum atomic E-state index is -2.97. The number of isocyanates is 1. The van der Waals surface area contributed by atoms with Gasteiger partial charge in [0.25, 0.3) is 0 Å². The molecule has 0 radical (unpaired) electrons. The Morgan fingerprint density at radius 1 is 1.50 bits per heavy atom. The third-order valence-electron chi connectivity index (χ3n) is 1.33. The zero-order chi connectivity index (χ0) is 10.6. The van der Waals surface area contributed by atoms with Gasteiger partial charge in [-0.1, -0.05) is 17.7 Å². The first-order valence-corrected chi connectivity index (χ1v) is 3.84. The van der Waals surface area contributed by atoms with Gasteiger partial charge in [-0.15, -0.1) is 0 Å². The maximum atomic E-state index is 11.8. The fourth-order valence-electron chi connectivity index (χ4n) is 0.822. The van der Waals surface area contributed by atoms with Crippen LogP contribution in [-0.2, 0) is 4.79 Å². The number of rotatable bonds is 3. The Bertz CT molecular complexity index is 378. The maximum Gasteiger partial charge on any atom is 0.387 e. The Morgan fingerprint density at radius 3 is 2.79 bits per heavy atom. The Labute approximate surface area is 83.0 Å². The minimum Gasteiger partial charge on any atom is -0.433 e. The molecule has 0 heterocycles. The van der Waals surface area contributed by atoms with E-state index in [4.69, 9.17) is 11.6 Å². The molecule has 0 saturated carbocycles. The third-order valence-corrected chi connectivity index (χ3v) is 1.70. The van der Waals surface area contributed by atoms with E-state index in [1.54, 1.807) is 0 Å². The molecule has 0 N–H and O–H groups in total. The van der Waals surface area contributed by atoms with E-state index in [2.05, 4.69) is 9.73 Å². The molecule has 0 aliphatic heterocycles. The molecule has 1 aromatic rings. The number of halogens is 3. The van der Waals surface area contributed by atoms with Crippen molar-refractivity contribution in [2.24, 2.45) is 4.99 Å². The molecule has 0 saturated heterocycles. The van der Waals surface area contributed by atoms with Crippen molar-refractivity contribution >= 4 is 23.4 Å². The summed E-state index contributed by atoms with van der Waals surface area (Å²) in [5, 5.41) is -0.142. The van der Waals surface area contributed by atoms with Crippen LogP contribution in [0.25, 0.3) is 0 Å². The van der Waals surface area contributed by atoms with Crippen LogP contribution < -0.4 is 4.74 Å². The lowest BCUT2D eigenvalue weighted by atomic mass is 10.3. The lowest BCUT2D eigenvalue weighted by Gasteiger charge is -2.06. The number of nitrogens with zero attached hydrogens (tertiary/aromatic N) is 1. The quantitative estimate of drug-likeness (QED) is 0.579. The van der Waals surface area contributed by atoms with Gasteiger partial charge in [0.05, 0.1) is 5.69 Å².